The molecule has 0 aliphatic rings. The lowest BCUT2D eigenvalue weighted by Gasteiger charge is -2.24. The van der Waals surface area contributed by atoms with Crippen LogP contribution >= 0.6 is 15.9 Å². The van der Waals surface area contributed by atoms with Crippen molar-refractivity contribution in [1.82, 2.24) is 10.3 Å². The van der Waals surface area contributed by atoms with Gasteiger partial charge in [0.15, 0.2) is 0 Å². The van der Waals surface area contributed by atoms with E-state index in [0.717, 1.165) is 0 Å². The van der Waals surface area contributed by atoms with E-state index in [1.54, 1.807) is 13.8 Å². The molecule has 0 bridgehead atoms. The van der Waals surface area contributed by atoms with Crippen LogP contribution in [0.3, 0.4) is 0 Å². The van der Waals surface area contributed by atoms with Crippen LogP contribution in [-0.4, -0.2) is 27.4 Å². The third-order valence-electron chi connectivity index (χ3n) is 2.68. The number of hydrogen-bond acceptors (Lipinski definition) is 5. The smallest absolute Gasteiger partial charge is 0.291 e. The molecule has 1 rings (SSSR count). The number of carbonyl (C=O) groups excluding carboxylic acids is 1. The molecule has 2 N–H and O–H groups in total. The van der Waals surface area contributed by atoms with Gasteiger partial charge in [-0.25, -0.2) is 4.98 Å². The Bertz CT molecular complexity index is 569. The highest BCUT2D eigenvalue weighted by molar-refractivity contribution is 9.10. The van der Waals surface area contributed by atoms with Gasteiger partial charge in [0.25, 0.3) is 5.69 Å². The molecule has 0 spiro atoms. The molecule has 7 nitrogen and oxygen atoms in total. The molecule has 1 aromatic heterocycles. The van der Waals surface area contributed by atoms with Crippen molar-refractivity contribution in [2.75, 3.05) is 5.32 Å². The van der Waals surface area contributed by atoms with Crippen molar-refractivity contribution in [2.24, 2.45) is 0 Å². The Hall–Kier alpha value is -1.70. The summed E-state index contributed by atoms with van der Waals surface area (Å²) in [5.74, 6) is 0.224. The maximum atomic E-state index is 12.0. The van der Waals surface area contributed by atoms with E-state index in [0.29, 0.717) is 15.9 Å². The van der Waals surface area contributed by atoms with E-state index in [1.165, 1.54) is 6.20 Å². The summed E-state index contributed by atoms with van der Waals surface area (Å²) in [6, 6.07) is -0.520. The van der Waals surface area contributed by atoms with Crippen molar-refractivity contribution in [2.45, 2.75) is 46.2 Å². The van der Waals surface area contributed by atoms with Gasteiger partial charge in [-0.05, 0) is 50.5 Å². The van der Waals surface area contributed by atoms with Crippen LogP contribution in [0.4, 0.5) is 11.5 Å². The number of amides is 1. The standard InChI is InChI=1S/C13H19BrN4O3/c1-7-9(18(20)21)6-15-11(10(7)14)16-8(2)12(19)17-13(3,4)5/h6,8H,1-5H3,(H,15,16)(H,17,19). The Labute approximate surface area is 131 Å². The van der Waals surface area contributed by atoms with Gasteiger partial charge in [-0.2, -0.15) is 0 Å². The molecule has 0 fully saturated rings. The minimum atomic E-state index is -0.520. The van der Waals surface area contributed by atoms with Gasteiger partial charge in [-0.1, -0.05) is 0 Å². The highest BCUT2D eigenvalue weighted by Gasteiger charge is 2.22. The van der Waals surface area contributed by atoms with E-state index in [1.807, 2.05) is 20.8 Å². The minimum absolute atomic E-state index is 0.0702. The lowest BCUT2D eigenvalue weighted by Crippen LogP contribution is -2.47. The van der Waals surface area contributed by atoms with Crippen LogP contribution in [0, 0.1) is 17.0 Å². The van der Waals surface area contributed by atoms with E-state index in [2.05, 4.69) is 31.5 Å². The molecule has 1 atom stereocenters. The van der Waals surface area contributed by atoms with Gasteiger partial charge >= 0.3 is 0 Å². The number of anilines is 1. The zero-order valence-electron chi connectivity index (χ0n) is 12.7. The first kappa shape index (κ1) is 17.4. The highest BCUT2D eigenvalue weighted by atomic mass is 79.9. The first-order valence-electron chi connectivity index (χ1n) is 6.41. The van der Waals surface area contributed by atoms with E-state index in [4.69, 9.17) is 0 Å². The fourth-order valence-corrected chi connectivity index (χ4v) is 2.02. The summed E-state index contributed by atoms with van der Waals surface area (Å²) < 4.78 is 0.479. The summed E-state index contributed by atoms with van der Waals surface area (Å²) in [6.07, 6.45) is 1.18. The summed E-state index contributed by atoms with van der Waals surface area (Å²) in [6.45, 7) is 8.99. The molecule has 0 aliphatic carbocycles. The Morgan fingerprint density at radius 1 is 1.48 bits per heavy atom. The molecule has 1 heterocycles. The van der Waals surface area contributed by atoms with Crippen LogP contribution in [0.25, 0.3) is 0 Å². The van der Waals surface area contributed by atoms with Crippen molar-refractivity contribution < 1.29 is 9.72 Å². The monoisotopic (exact) mass is 358 g/mol. The Balaban J connectivity index is 2.91. The average molecular weight is 359 g/mol. The summed E-state index contributed by atoms with van der Waals surface area (Å²) in [5.41, 5.74) is 0.0587. The molecule has 116 valence electrons. The zero-order valence-corrected chi connectivity index (χ0v) is 14.2. The molecule has 1 unspecified atom stereocenters. The maximum absolute atomic E-state index is 12.0. The molecule has 0 saturated heterocycles. The van der Waals surface area contributed by atoms with Gasteiger partial charge in [-0.3, -0.25) is 14.9 Å². The second-order valence-electron chi connectivity index (χ2n) is 5.79. The molecule has 21 heavy (non-hydrogen) atoms. The third kappa shape index (κ3) is 4.66. The van der Waals surface area contributed by atoms with Crippen molar-refractivity contribution in [3.05, 3.63) is 26.3 Å². The molecular weight excluding hydrogens is 340 g/mol. The number of carbonyl (C=O) groups is 1. The fraction of sp³-hybridized carbons (Fsp3) is 0.538. The quantitative estimate of drug-likeness (QED) is 0.636. The second-order valence-corrected chi connectivity index (χ2v) is 6.59. The van der Waals surface area contributed by atoms with Crippen LogP contribution in [0.2, 0.25) is 0 Å². The lowest BCUT2D eigenvalue weighted by molar-refractivity contribution is -0.385. The molecule has 8 heteroatoms. The van der Waals surface area contributed by atoms with E-state index >= 15 is 0 Å². The predicted molar refractivity (Wildman–Crippen MR) is 84.3 cm³/mol. The predicted octanol–water partition coefficient (Wildman–Crippen LogP) is 2.78. The highest BCUT2D eigenvalue weighted by Crippen LogP contribution is 2.30. The molecule has 0 saturated carbocycles. The van der Waals surface area contributed by atoms with Crippen molar-refractivity contribution in [1.29, 1.82) is 0 Å². The Morgan fingerprint density at radius 3 is 2.52 bits per heavy atom. The van der Waals surface area contributed by atoms with Crippen LogP contribution < -0.4 is 10.6 Å². The third-order valence-corrected chi connectivity index (χ3v) is 3.65. The molecular formula is C13H19BrN4O3. The van der Waals surface area contributed by atoms with Gasteiger partial charge in [0.2, 0.25) is 5.91 Å². The summed E-state index contributed by atoms with van der Waals surface area (Å²) in [5, 5.41) is 16.6. The fourth-order valence-electron chi connectivity index (χ4n) is 1.60. The van der Waals surface area contributed by atoms with E-state index in [9.17, 15) is 14.9 Å². The van der Waals surface area contributed by atoms with Gasteiger partial charge in [0.1, 0.15) is 18.1 Å². The second kappa shape index (κ2) is 6.38. The Kier molecular flexibility index (Phi) is 5.27. The summed E-state index contributed by atoms with van der Waals surface area (Å²) in [4.78, 5) is 26.3. The lowest BCUT2D eigenvalue weighted by atomic mass is 10.1. The number of nitrogens with one attached hydrogen (secondary N) is 2. The van der Waals surface area contributed by atoms with Gasteiger partial charge < -0.3 is 10.6 Å². The molecule has 0 aliphatic heterocycles. The van der Waals surface area contributed by atoms with E-state index < -0.39 is 11.0 Å². The molecule has 1 amide bonds. The number of pyridine rings is 1. The van der Waals surface area contributed by atoms with E-state index in [-0.39, 0.29) is 17.1 Å². The number of nitro groups is 1. The van der Waals surface area contributed by atoms with Crippen molar-refractivity contribution in [3.63, 3.8) is 0 Å². The summed E-state index contributed by atoms with van der Waals surface area (Å²) in [7, 11) is 0. The average Bonchev–Trinajstić information content (AvgIpc) is 2.32. The zero-order chi connectivity index (χ0) is 16.4. The van der Waals surface area contributed by atoms with Crippen LogP contribution in [0.15, 0.2) is 10.7 Å². The molecule has 0 aromatic carbocycles. The van der Waals surface area contributed by atoms with Gasteiger partial charge in [-0.15, -0.1) is 0 Å². The number of nitrogens with zero attached hydrogens (tertiary/aromatic N) is 2. The normalized spacial score (nSPS) is 12.7. The van der Waals surface area contributed by atoms with Crippen LogP contribution in [0.5, 0.6) is 0 Å². The van der Waals surface area contributed by atoms with Crippen LogP contribution in [0.1, 0.15) is 33.3 Å². The first-order valence-corrected chi connectivity index (χ1v) is 7.20. The maximum Gasteiger partial charge on any atom is 0.291 e. The Morgan fingerprint density at radius 2 is 2.05 bits per heavy atom. The summed E-state index contributed by atoms with van der Waals surface area (Å²) >= 11 is 3.28. The van der Waals surface area contributed by atoms with Crippen molar-refractivity contribution >= 4 is 33.3 Å². The van der Waals surface area contributed by atoms with Crippen LogP contribution in [-0.2, 0) is 4.79 Å². The SMILES string of the molecule is Cc1c([N+](=O)[O-])cnc(NC(C)C(=O)NC(C)(C)C)c1Br. The van der Waals surface area contributed by atoms with Gasteiger partial charge in [0.05, 0.1) is 9.40 Å². The topological polar surface area (TPSA) is 97.2 Å². The molecule has 0 radical (unpaired) electrons. The number of hydrogen-bond donors (Lipinski definition) is 2. The van der Waals surface area contributed by atoms with Gasteiger partial charge in [0, 0.05) is 11.1 Å². The number of halogens is 1. The first-order chi connectivity index (χ1) is 9.53. The largest absolute Gasteiger partial charge is 0.358 e. The number of aromatic nitrogens is 1. The molecule has 1 aromatic rings. The van der Waals surface area contributed by atoms with Crippen molar-refractivity contribution in [3.8, 4) is 0 Å². The number of rotatable bonds is 4. The minimum Gasteiger partial charge on any atom is -0.358 e.